The summed E-state index contributed by atoms with van der Waals surface area (Å²) in [5, 5.41) is 5.68. The van der Waals surface area contributed by atoms with Crippen molar-refractivity contribution in [3.8, 4) is 0 Å². The number of aromatic nitrogens is 1. The van der Waals surface area contributed by atoms with Gasteiger partial charge in [-0.1, -0.05) is 13.8 Å². The van der Waals surface area contributed by atoms with Crippen LogP contribution in [-0.4, -0.2) is 41.6 Å². The average molecular weight is 313 g/mol. The minimum atomic E-state index is -0.974. The predicted octanol–water partition coefficient (Wildman–Crippen LogP) is 2.32. The van der Waals surface area contributed by atoms with Crippen LogP contribution < -0.4 is 5.32 Å². The Kier molecular flexibility index (Phi) is 6.14. The minimum Gasteiger partial charge on any atom is -0.467 e. The lowest BCUT2D eigenvalue weighted by molar-refractivity contribution is -0.148. The maximum absolute atomic E-state index is 12.3. The summed E-state index contributed by atoms with van der Waals surface area (Å²) in [7, 11) is 3.01. The molecule has 7 heteroatoms. The first-order valence-corrected chi connectivity index (χ1v) is 7.79. The highest BCUT2D eigenvalue weighted by Crippen LogP contribution is 2.18. The molecule has 6 nitrogen and oxygen atoms in total. The number of hydrogen-bond acceptors (Lipinski definition) is 5. The van der Waals surface area contributed by atoms with E-state index in [1.807, 2.05) is 26.2 Å². The quantitative estimate of drug-likeness (QED) is 0.818. The van der Waals surface area contributed by atoms with Crippen molar-refractivity contribution in [3.05, 3.63) is 16.1 Å². The highest BCUT2D eigenvalue weighted by Gasteiger charge is 2.38. The molecule has 0 atom stereocenters. The van der Waals surface area contributed by atoms with E-state index in [0.717, 1.165) is 10.7 Å². The fourth-order valence-electron chi connectivity index (χ4n) is 2.06. The van der Waals surface area contributed by atoms with Crippen LogP contribution in [-0.2, 0) is 16.1 Å². The first-order valence-electron chi connectivity index (χ1n) is 6.91. The van der Waals surface area contributed by atoms with Gasteiger partial charge in [-0.3, -0.25) is 0 Å². The molecule has 0 aliphatic carbocycles. The van der Waals surface area contributed by atoms with Gasteiger partial charge in [0.15, 0.2) is 0 Å². The van der Waals surface area contributed by atoms with Crippen LogP contribution in [0.25, 0.3) is 0 Å². The fraction of sp³-hybridized carbons (Fsp3) is 0.643. The van der Waals surface area contributed by atoms with Gasteiger partial charge in [-0.05, 0) is 19.8 Å². The molecule has 0 spiro atoms. The van der Waals surface area contributed by atoms with Crippen molar-refractivity contribution in [1.82, 2.24) is 15.2 Å². The number of methoxy groups -OCH3 is 1. The van der Waals surface area contributed by atoms with Gasteiger partial charge in [0.25, 0.3) is 0 Å². The Balaban J connectivity index is 2.75. The van der Waals surface area contributed by atoms with Gasteiger partial charge >= 0.3 is 12.0 Å². The molecule has 0 fully saturated rings. The van der Waals surface area contributed by atoms with Crippen molar-refractivity contribution >= 4 is 23.3 Å². The van der Waals surface area contributed by atoms with Crippen LogP contribution in [0, 0.1) is 6.92 Å². The molecular formula is C14H23N3O3S. The summed E-state index contributed by atoms with van der Waals surface area (Å²) in [6.45, 7) is 6.03. The zero-order chi connectivity index (χ0) is 16.0. The largest absolute Gasteiger partial charge is 0.467 e. The van der Waals surface area contributed by atoms with Gasteiger partial charge < -0.3 is 15.0 Å². The lowest BCUT2D eigenvalue weighted by atomic mass is 9.93. The highest BCUT2D eigenvalue weighted by molar-refractivity contribution is 7.09. The van der Waals surface area contributed by atoms with Gasteiger partial charge in [-0.15, -0.1) is 11.3 Å². The Hall–Kier alpha value is -1.63. The van der Waals surface area contributed by atoms with Gasteiger partial charge in [-0.2, -0.15) is 0 Å². The summed E-state index contributed by atoms with van der Waals surface area (Å²) >= 11 is 1.55. The highest BCUT2D eigenvalue weighted by atomic mass is 32.1. The Morgan fingerprint density at radius 3 is 2.48 bits per heavy atom. The van der Waals surface area contributed by atoms with Crippen molar-refractivity contribution in [2.45, 2.75) is 45.7 Å². The Labute approximate surface area is 129 Å². The normalized spacial score (nSPS) is 11.1. The van der Waals surface area contributed by atoms with Gasteiger partial charge in [-0.25, -0.2) is 14.6 Å². The van der Waals surface area contributed by atoms with Crippen molar-refractivity contribution in [3.63, 3.8) is 0 Å². The molecule has 118 valence electrons. The SMILES string of the molecule is CCC(CC)(NC(=O)N(C)Cc1csc(C)n1)C(=O)OC. The van der Waals surface area contributed by atoms with Crippen molar-refractivity contribution in [2.75, 3.05) is 14.2 Å². The van der Waals surface area contributed by atoms with Gasteiger partial charge in [0, 0.05) is 12.4 Å². The first kappa shape index (κ1) is 17.4. The summed E-state index contributed by atoms with van der Waals surface area (Å²) in [6, 6.07) is -0.310. The summed E-state index contributed by atoms with van der Waals surface area (Å²) < 4.78 is 4.82. The maximum atomic E-state index is 12.3. The molecule has 1 heterocycles. The van der Waals surface area contributed by atoms with E-state index in [1.165, 1.54) is 12.0 Å². The predicted molar refractivity (Wildman–Crippen MR) is 82.2 cm³/mol. The molecule has 1 aromatic heterocycles. The van der Waals surface area contributed by atoms with Gasteiger partial charge in [0.2, 0.25) is 0 Å². The first-order chi connectivity index (χ1) is 9.88. The molecule has 0 radical (unpaired) electrons. The van der Waals surface area contributed by atoms with Crippen LogP contribution in [0.4, 0.5) is 4.79 Å². The van der Waals surface area contributed by atoms with E-state index in [1.54, 1.807) is 18.4 Å². The number of aryl methyl sites for hydroxylation is 1. The number of nitrogens with one attached hydrogen (secondary N) is 1. The summed E-state index contributed by atoms with van der Waals surface area (Å²) in [5.41, 5.74) is -0.134. The van der Waals surface area contributed by atoms with E-state index in [2.05, 4.69) is 10.3 Å². The lowest BCUT2D eigenvalue weighted by Gasteiger charge is -2.31. The van der Waals surface area contributed by atoms with Crippen LogP contribution in [0.5, 0.6) is 0 Å². The third-order valence-corrected chi connectivity index (χ3v) is 4.36. The molecule has 0 unspecified atom stereocenters. The van der Waals surface area contributed by atoms with E-state index in [9.17, 15) is 9.59 Å². The third kappa shape index (κ3) is 4.17. The number of nitrogens with zero attached hydrogens (tertiary/aromatic N) is 2. The molecule has 0 aliphatic rings. The number of thiazole rings is 1. The number of carbonyl (C=O) groups is 2. The fourth-order valence-corrected chi connectivity index (χ4v) is 2.66. The number of urea groups is 1. The molecule has 0 saturated heterocycles. The van der Waals surface area contributed by atoms with Crippen LogP contribution >= 0.6 is 11.3 Å². The molecule has 0 saturated carbocycles. The molecule has 0 bridgehead atoms. The van der Waals surface area contributed by atoms with Crippen LogP contribution in [0.3, 0.4) is 0 Å². The van der Waals surface area contributed by atoms with Crippen LogP contribution in [0.1, 0.15) is 37.4 Å². The second-order valence-electron chi connectivity index (χ2n) is 4.92. The molecule has 1 rings (SSSR count). The topological polar surface area (TPSA) is 71.5 Å². The molecule has 0 aromatic carbocycles. The summed E-state index contributed by atoms with van der Waals surface area (Å²) in [5.74, 6) is -0.418. The second-order valence-corrected chi connectivity index (χ2v) is 5.99. The van der Waals surface area contributed by atoms with Crippen molar-refractivity contribution < 1.29 is 14.3 Å². The molecule has 1 N–H and O–H groups in total. The number of amides is 2. The molecule has 21 heavy (non-hydrogen) atoms. The molecular weight excluding hydrogens is 290 g/mol. The second kappa shape index (κ2) is 7.40. The Morgan fingerprint density at radius 2 is 2.05 bits per heavy atom. The Bertz CT molecular complexity index is 497. The smallest absolute Gasteiger partial charge is 0.331 e. The van der Waals surface area contributed by atoms with Crippen molar-refractivity contribution in [1.29, 1.82) is 0 Å². The minimum absolute atomic E-state index is 0.310. The van der Waals surface area contributed by atoms with Crippen molar-refractivity contribution in [2.24, 2.45) is 0 Å². The van der Waals surface area contributed by atoms with E-state index in [-0.39, 0.29) is 6.03 Å². The number of carbonyl (C=O) groups excluding carboxylic acids is 2. The zero-order valence-electron chi connectivity index (χ0n) is 13.2. The van der Waals surface area contributed by atoms with E-state index in [4.69, 9.17) is 4.74 Å². The van der Waals surface area contributed by atoms with E-state index in [0.29, 0.717) is 19.4 Å². The van der Waals surface area contributed by atoms with E-state index < -0.39 is 11.5 Å². The van der Waals surface area contributed by atoms with Crippen LogP contribution in [0.15, 0.2) is 5.38 Å². The molecule has 0 aliphatic heterocycles. The lowest BCUT2D eigenvalue weighted by Crippen LogP contribution is -2.57. The number of esters is 1. The average Bonchev–Trinajstić information content (AvgIpc) is 2.88. The third-order valence-electron chi connectivity index (χ3n) is 3.54. The Morgan fingerprint density at radius 1 is 1.43 bits per heavy atom. The standard InChI is InChI=1S/C14H23N3O3S/c1-6-14(7-2,12(18)20-5)16-13(19)17(4)8-11-9-21-10(3)15-11/h9H,6-8H2,1-5H3,(H,16,19). The maximum Gasteiger partial charge on any atom is 0.331 e. The van der Waals surface area contributed by atoms with Gasteiger partial charge in [0.05, 0.1) is 24.4 Å². The summed E-state index contributed by atoms with van der Waals surface area (Å²) in [6.07, 6.45) is 0.955. The number of ether oxygens (including phenoxy) is 1. The van der Waals surface area contributed by atoms with Gasteiger partial charge in [0.1, 0.15) is 5.54 Å². The molecule has 1 aromatic rings. The zero-order valence-corrected chi connectivity index (χ0v) is 14.0. The monoisotopic (exact) mass is 313 g/mol. The number of hydrogen-bond donors (Lipinski definition) is 1. The molecule has 2 amide bonds. The van der Waals surface area contributed by atoms with E-state index >= 15 is 0 Å². The van der Waals surface area contributed by atoms with Crippen LogP contribution in [0.2, 0.25) is 0 Å². The summed E-state index contributed by atoms with van der Waals surface area (Å²) in [4.78, 5) is 30.1. The number of rotatable bonds is 6.